The van der Waals surface area contributed by atoms with Gasteiger partial charge in [0.2, 0.25) is 0 Å². The molecule has 0 aromatic rings. The second-order valence-electron chi connectivity index (χ2n) is 3.03. The molecule has 0 aromatic heterocycles. The summed E-state index contributed by atoms with van der Waals surface area (Å²) in [5, 5.41) is 0. The van der Waals surface area contributed by atoms with E-state index in [0.29, 0.717) is 0 Å². The summed E-state index contributed by atoms with van der Waals surface area (Å²) < 4.78 is 9.58. The number of rotatable bonds is 6. The topological polar surface area (TPSA) is 35.5 Å². The second-order valence-corrected chi connectivity index (χ2v) is 3.03. The first-order valence-electron chi connectivity index (χ1n) is 4.73. The van der Waals surface area contributed by atoms with Crippen LogP contribution in [-0.4, -0.2) is 19.4 Å². The number of carbonyl (C=O) groups is 1. The van der Waals surface area contributed by atoms with Gasteiger partial charge in [0, 0.05) is 0 Å². The molecule has 0 radical (unpaired) electrons. The number of hydrogen-bond acceptors (Lipinski definition) is 3. The lowest BCUT2D eigenvalue weighted by molar-refractivity contribution is 0.0675. The molecule has 0 N–H and O–H groups in total. The van der Waals surface area contributed by atoms with Crippen LogP contribution in [0.15, 0.2) is 24.3 Å². The van der Waals surface area contributed by atoms with Crippen molar-refractivity contribution in [3.8, 4) is 0 Å². The highest BCUT2D eigenvalue weighted by Crippen LogP contribution is 2.01. The maximum Gasteiger partial charge on any atom is 0.508 e. The van der Waals surface area contributed by atoms with E-state index < -0.39 is 6.16 Å². The molecule has 0 unspecified atom stereocenters. The van der Waals surface area contributed by atoms with E-state index in [2.05, 4.69) is 13.2 Å². The van der Waals surface area contributed by atoms with Crippen LogP contribution in [0.25, 0.3) is 0 Å². The molecule has 3 heteroatoms. The quantitative estimate of drug-likeness (QED) is 0.486. The van der Waals surface area contributed by atoms with Crippen LogP contribution in [0.2, 0.25) is 0 Å². The van der Waals surface area contributed by atoms with E-state index in [4.69, 9.17) is 9.47 Å². The van der Waals surface area contributed by atoms with Gasteiger partial charge < -0.3 is 9.47 Å². The Morgan fingerprint density at radius 2 is 1.36 bits per heavy atom. The molecule has 0 spiro atoms. The minimum atomic E-state index is -0.658. The van der Waals surface area contributed by atoms with Crippen molar-refractivity contribution in [2.45, 2.75) is 26.7 Å². The third kappa shape index (κ3) is 6.29. The Morgan fingerprint density at radius 1 is 1.00 bits per heavy atom. The van der Waals surface area contributed by atoms with Gasteiger partial charge in [0.1, 0.15) is 13.2 Å². The molecule has 0 saturated heterocycles. The third-order valence-electron chi connectivity index (χ3n) is 1.79. The van der Waals surface area contributed by atoms with E-state index in [1.807, 2.05) is 13.8 Å². The van der Waals surface area contributed by atoms with Gasteiger partial charge in [-0.3, -0.25) is 0 Å². The standard InChI is InChI=1S/C11H18O3/c1-5-9(3)7-13-11(12)14-8-10(4)6-2/h3-8H2,1-2H3. The molecule has 14 heavy (non-hydrogen) atoms. The molecule has 0 aromatic carbocycles. The summed E-state index contributed by atoms with van der Waals surface area (Å²) >= 11 is 0. The number of carbonyl (C=O) groups excluding carboxylic acids is 1. The Kier molecular flexibility index (Phi) is 6.54. The lowest BCUT2D eigenvalue weighted by atomic mass is 10.2. The zero-order valence-corrected chi connectivity index (χ0v) is 8.97. The molecular formula is C11H18O3. The fraction of sp³-hybridized carbons (Fsp3) is 0.545. The van der Waals surface area contributed by atoms with Crippen LogP contribution in [-0.2, 0) is 9.47 Å². The van der Waals surface area contributed by atoms with Gasteiger partial charge in [0.25, 0.3) is 0 Å². The van der Waals surface area contributed by atoms with E-state index in [-0.39, 0.29) is 13.2 Å². The van der Waals surface area contributed by atoms with Gasteiger partial charge in [-0.25, -0.2) is 4.79 Å². The van der Waals surface area contributed by atoms with Crippen molar-refractivity contribution < 1.29 is 14.3 Å². The molecule has 0 rings (SSSR count). The maximum absolute atomic E-state index is 11.0. The van der Waals surface area contributed by atoms with Gasteiger partial charge in [-0.1, -0.05) is 27.0 Å². The first kappa shape index (κ1) is 12.8. The second kappa shape index (κ2) is 7.18. The zero-order chi connectivity index (χ0) is 11.0. The van der Waals surface area contributed by atoms with Gasteiger partial charge in [-0.2, -0.15) is 0 Å². The predicted octanol–water partition coefficient (Wildman–Crippen LogP) is 3.07. The summed E-state index contributed by atoms with van der Waals surface area (Å²) in [5.41, 5.74) is 1.74. The van der Waals surface area contributed by atoms with Crippen molar-refractivity contribution in [2.75, 3.05) is 13.2 Å². The number of ether oxygens (including phenoxy) is 2. The normalized spacial score (nSPS) is 9.29. The van der Waals surface area contributed by atoms with E-state index >= 15 is 0 Å². The Bertz CT molecular complexity index is 197. The van der Waals surface area contributed by atoms with Crippen molar-refractivity contribution in [2.24, 2.45) is 0 Å². The van der Waals surface area contributed by atoms with Crippen molar-refractivity contribution in [3.05, 3.63) is 24.3 Å². The van der Waals surface area contributed by atoms with Crippen LogP contribution >= 0.6 is 0 Å². The lowest BCUT2D eigenvalue weighted by Gasteiger charge is -2.07. The van der Waals surface area contributed by atoms with Crippen molar-refractivity contribution >= 4 is 6.16 Å². The molecular weight excluding hydrogens is 180 g/mol. The molecule has 0 aliphatic carbocycles. The van der Waals surface area contributed by atoms with Crippen LogP contribution in [0, 0.1) is 0 Å². The van der Waals surface area contributed by atoms with Gasteiger partial charge in [0.05, 0.1) is 0 Å². The summed E-state index contributed by atoms with van der Waals surface area (Å²) in [7, 11) is 0. The molecule has 3 nitrogen and oxygen atoms in total. The summed E-state index contributed by atoms with van der Waals surface area (Å²) in [4.78, 5) is 11.0. The fourth-order valence-electron chi connectivity index (χ4n) is 0.568. The van der Waals surface area contributed by atoms with E-state index in [9.17, 15) is 4.79 Å². The molecule has 0 saturated carbocycles. The van der Waals surface area contributed by atoms with E-state index in [1.165, 1.54) is 0 Å². The van der Waals surface area contributed by atoms with Crippen molar-refractivity contribution in [1.29, 1.82) is 0 Å². The summed E-state index contributed by atoms with van der Waals surface area (Å²) in [6, 6.07) is 0. The third-order valence-corrected chi connectivity index (χ3v) is 1.79. The molecule has 0 aliphatic rings. The molecule has 0 atom stereocenters. The zero-order valence-electron chi connectivity index (χ0n) is 8.97. The average molecular weight is 198 g/mol. The minimum absolute atomic E-state index is 0.230. The first-order chi connectivity index (χ1) is 6.60. The summed E-state index contributed by atoms with van der Waals surface area (Å²) in [5.74, 6) is 0. The van der Waals surface area contributed by atoms with E-state index in [1.54, 1.807) is 0 Å². The van der Waals surface area contributed by atoms with Gasteiger partial charge in [-0.05, 0) is 24.0 Å². The van der Waals surface area contributed by atoms with Crippen LogP contribution in [0.4, 0.5) is 4.79 Å². The SMILES string of the molecule is C=C(CC)COC(=O)OCC(=C)CC. The van der Waals surface area contributed by atoms with Gasteiger partial charge in [-0.15, -0.1) is 0 Å². The fourth-order valence-corrected chi connectivity index (χ4v) is 0.568. The van der Waals surface area contributed by atoms with Crippen LogP contribution in [0.5, 0.6) is 0 Å². The molecule has 80 valence electrons. The van der Waals surface area contributed by atoms with E-state index in [0.717, 1.165) is 24.0 Å². The lowest BCUT2D eigenvalue weighted by Crippen LogP contribution is -2.10. The number of hydrogen-bond donors (Lipinski definition) is 0. The Morgan fingerprint density at radius 3 is 1.64 bits per heavy atom. The molecule has 0 aliphatic heterocycles. The Labute approximate surface area is 85.4 Å². The maximum atomic E-state index is 11.0. The summed E-state index contributed by atoms with van der Waals surface area (Å²) in [6.45, 7) is 11.8. The Balaban J connectivity index is 3.56. The Hall–Kier alpha value is -1.25. The highest BCUT2D eigenvalue weighted by molar-refractivity contribution is 5.60. The largest absolute Gasteiger partial charge is 0.508 e. The first-order valence-corrected chi connectivity index (χ1v) is 4.73. The highest BCUT2D eigenvalue weighted by Gasteiger charge is 2.04. The van der Waals surface area contributed by atoms with Crippen molar-refractivity contribution in [3.63, 3.8) is 0 Å². The molecule has 0 amide bonds. The highest BCUT2D eigenvalue weighted by atomic mass is 16.7. The molecule has 0 fully saturated rings. The van der Waals surface area contributed by atoms with Crippen LogP contribution in [0.3, 0.4) is 0 Å². The monoisotopic (exact) mass is 198 g/mol. The predicted molar refractivity (Wildman–Crippen MR) is 56.2 cm³/mol. The smallest absolute Gasteiger partial charge is 0.430 e. The molecule has 0 bridgehead atoms. The van der Waals surface area contributed by atoms with Gasteiger partial charge >= 0.3 is 6.16 Å². The average Bonchev–Trinajstić information content (AvgIpc) is 2.22. The van der Waals surface area contributed by atoms with Gasteiger partial charge in [0.15, 0.2) is 0 Å². The summed E-state index contributed by atoms with van der Waals surface area (Å²) in [6.07, 6.45) is 0.943. The molecule has 0 heterocycles. The minimum Gasteiger partial charge on any atom is -0.430 e. The van der Waals surface area contributed by atoms with Crippen molar-refractivity contribution in [1.82, 2.24) is 0 Å². The van der Waals surface area contributed by atoms with Crippen LogP contribution < -0.4 is 0 Å². The van der Waals surface area contributed by atoms with Crippen LogP contribution in [0.1, 0.15) is 26.7 Å².